The molecule has 2 amide bonds. The summed E-state index contributed by atoms with van der Waals surface area (Å²) in [6, 6.07) is 4.07. The first-order valence-electron chi connectivity index (χ1n) is 8.31. The normalized spacial score (nSPS) is 19.7. The molecule has 7 nitrogen and oxygen atoms in total. The lowest BCUT2D eigenvalue weighted by Crippen LogP contribution is -2.56. The number of hydrogen-bond acceptors (Lipinski definition) is 4. The van der Waals surface area contributed by atoms with Gasteiger partial charge in [-0.1, -0.05) is 6.92 Å². The number of aromatic nitrogens is 1. The third kappa shape index (κ3) is 5.19. The van der Waals surface area contributed by atoms with Crippen molar-refractivity contribution in [2.24, 2.45) is 0 Å². The number of urea groups is 1. The van der Waals surface area contributed by atoms with Crippen LogP contribution in [0.25, 0.3) is 0 Å². The molecule has 24 heavy (non-hydrogen) atoms. The van der Waals surface area contributed by atoms with Crippen LogP contribution in [0.3, 0.4) is 0 Å². The van der Waals surface area contributed by atoms with Crippen molar-refractivity contribution >= 4 is 12.0 Å². The fraction of sp³-hybridized carbons (Fsp3) is 0.588. The van der Waals surface area contributed by atoms with Crippen molar-refractivity contribution in [1.29, 1.82) is 0 Å². The Kier molecular flexibility index (Phi) is 6.14. The molecule has 0 spiro atoms. The molecule has 2 rings (SSSR count). The van der Waals surface area contributed by atoms with E-state index >= 15 is 0 Å². The lowest BCUT2D eigenvalue weighted by Gasteiger charge is -2.42. The number of pyridine rings is 1. The van der Waals surface area contributed by atoms with E-state index in [-0.39, 0.29) is 24.7 Å². The summed E-state index contributed by atoms with van der Waals surface area (Å²) in [6.45, 7) is 7.04. The standard InChI is InChI=1S/C17H26N4O3/c1-4-21(10-16(22)23)15-7-14(8-15)20-17(24)18-9-13-5-11(2)19-12(3)6-13/h5-6,14-15H,4,7-10H2,1-3H3,(H,22,23)(H2,18,20,24). The predicted octanol–water partition coefficient (Wildman–Crippen LogP) is 1.44. The topological polar surface area (TPSA) is 94.6 Å². The van der Waals surface area contributed by atoms with Crippen molar-refractivity contribution in [1.82, 2.24) is 20.5 Å². The zero-order chi connectivity index (χ0) is 17.7. The molecule has 1 aliphatic rings. The molecule has 0 unspecified atom stereocenters. The summed E-state index contributed by atoms with van der Waals surface area (Å²) in [5.41, 5.74) is 2.90. The van der Waals surface area contributed by atoms with E-state index in [1.807, 2.05) is 37.8 Å². The molecule has 0 radical (unpaired) electrons. The maximum Gasteiger partial charge on any atom is 0.317 e. The second-order valence-corrected chi connectivity index (χ2v) is 6.36. The minimum Gasteiger partial charge on any atom is -0.480 e. The predicted molar refractivity (Wildman–Crippen MR) is 90.8 cm³/mol. The summed E-state index contributed by atoms with van der Waals surface area (Å²) < 4.78 is 0. The second kappa shape index (κ2) is 8.10. The van der Waals surface area contributed by atoms with Gasteiger partial charge in [0.1, 0.15) is 0 Å². The Morgan fingerprint density at radius 2 is 1.92 bits per heavy atom. The van der Waals surface area contributed by atoms with E-state index in [9.17, 15) is 9.59 Å². The average Bonchev–Trinajstić information content (AvgIpc) is 2.45. The maximum atomic E-state index is 12.0. The van der Waals surface area contributed by atoms with Gasteiger partial charge in [-0.2, -0.15) is 0 Å². The number of nitrogens with zero attached hydrogens (tertiary/aromatic N) is 2. The molecule has 7 heteroatoms. The molecule has 3 N–H and O–H groups in total. The van der Waals surface area contributed by atoms with E-state index in [0.717, 1.165) is 29.8 Å². The zero-order valence-electron chi connectivity index (χ0n) is 14.5. The maximum absolute atomic E-state index is 12.0. The highest BCUT2D eigenvalue weighted by Gasteiger charge is 2.34. The SMILES string of the molecule is CCN(CC(=O)O)C1CC(NC(=O)NCc2cc(C)nc(C)c2)C1. The Morgan fingerprint density at radius 1 is 1.29 bits per heavy atom. The van der Waals surface area contributed by atoms with E-state index in [1.54, 1.807) is 0 Å². The van der Waals surface area contributed by atoms with E-state index in [2.05, 4.69) is 15.6 Å². The summed E-state index contributed by atoms with van der Waals surface area (Å²) >= 11 is 0. The number of carboxylic acid groups (broad SMARTS) is 1. The highest BCUT2D eigenvalue weighted by molar-refractivity contribution is 5.74. The van der Waals surface area contributed by atoms with Crippen molar-refractivity contribution < 1.29 is 14.7 Å². The number of rotatable bonds is 7. The third-order valence-electron chi connectivity index (χ3n) is 4.30. The number of aliphatic carboxylic acids is 1. The average molecular weight is 334 g/mol. The molecule has 1 fully saturated rings. The monoisotopic (exact) mass is 334 g/mol. The van der Waals surface area contributed by atoms with Crippen molar-refractivity contribution in [3.8, 4) is 0 Å². The Hall–Kier alpha value is -2.15. The minimum atomic E-state index is -0.811. The van der Waals surface area contributed by atoms with Gasteiger partial charge in [0, 0.05) is 30.0 Å². The molecular formula is C17H26N4O3. The van der Waals surface area contributed by atoms with Crippen LogP contribution in [0.5, 0.6) is 0 Å². The highest BCUT2D eigenvalue weighted by Crippen LogP contribution is 2.25. The van der Waals surface area contributed by atoms with Crippen molar-refractivity contribution in [2.45, 2.75) is 52.2 Å². The van der Waals surface area contributed by atoms with Gasteiger partial charge in [0.25, 0.3) is 0 Å². The van der Waals surface area contributed by atoms with Crippen LogP contribution in [0.15, 0.2) is 12.1 Å². The Balaban J connectivity index is 1.71. The zero-order valence-corrected chi connectivity index (χ0v) is 14.5. The molecule has 1 aliphatic carbocycles. The summed E-state index contributed by atoms with van der Waals surface area (Å²) in [5, 5.41) is 14.7. The number of likely N-dealkylation sites (N-methyl/N-ethyl adjacent to an activating group) is 1. The van der Waals surface area contributed by atoms with Crippen LogP contribution in [-0.2, 0) is 11.3 Å². The molecule has 0 saturated heterocycles. The number of carbonyl (C=O) groups is 2. The van der Waals surface area contributed by atoms with Gasteiger partial charge < -0.3 is 15.7 Å². The van der Waals surface area contributed by atoms with Crippen LogP contribution in [0.1, 0.15) is 36.7 Å². The molecule has 0 aliphatic heterocycles. The Labute approximate surface area is 142 Å². The van der Waals surface area contributed by atoms with Crippen LogP contribution in [-0.4, -0.2) is 52.2 Å². The first-order valence-corrected chi connectivity index (χ1v) is 8.31. The fourth-order valence-electron chi connectivity index (χ4n) is 3.12. The van der Waals surface area contributed by atoms with Gasteiger partial charge in [-0.3, -0.25) is 14.7 Å². The van der Waals surface area contributed by atoms with Crippen LogP contribution < -0.4 is 10.6 Å². The number of carboxylic acids is 1. The summed E-state index contributed by atoms with van der Waals surface area (Å²) in [7, 11) is 0. The van der Waals surface area contributed by atoms with Crippen LogP contribution in [0.2, 0.25) is 0 Å². The first-order chi connectivity index (χ1) is 11.4. The summed E-state index contributed by atoms with van der Waals surface area (Å²) in [5.74, 6) is -0.811. The molecule has 0 bridgehead atoms. The Morgan fingerprint density at radius 3 is 2.46 bits per heavy atom. The molecule has 0 aromatic carbocycles. The molecule has 0 atom stereocenters. The lowest BCUT2D eigenvalue weighted by molar-refractivity contribution is -0.139. The fourth-order valence-corrected chi connectivity index (χ4v) is 3.12. The second-order valence-electron chi connectivity index (χ2n) is 6.36. The van der Waals surface area contributed by atoms with Gasteiger partial charge in [-0.05, 0) is 50.9 Å². The molecule has 1 heterocycles. The molecule has 132 valence electrons. The number of nitrogens with one attached hydrogen (secondary N) is 2. The van der Waals surface area contributed by atoms with E-state index < -0.39 is 5.97 Å². The Bertz CT molecular complexity index is 579. The van der Waals surface area contributed by atoms with Crippen molar-refractivity contribution in [3.05, 3.63) is 29.1 Å². The lowest BCUT2D eigenvalue weighted by atomic mass is 9.85. The van der Waals surface area contributed by atoms with Crippen molar-refractivity contribution in [2.75, 3.05) is 13.1 Å². The largest absolute Gasteiger partial charge is 0.480 e. The van der Waals surface area contributed by atoms with E-state index in [1.165, 1.54) is 0 Å². The van der Waals surface area contributed by atoms with Gasteiger partial charge in [0.05, 0.1) is 6.54 Å². The molecular weight excluding hydrogens is 308 g/mol. The van der Waals surface area contributed by atoms with Crippen LogP contribution >= 0.6 is 0 Å². The van der Waals surface area contributed by atoms with E-state index in [0.29, 0.717) is 13.1 Å². The highest BCUT2D eigenvalue weighted by atomic mass is 16.4. The van der Waals surface area contributed by atoms with Crippen LogP contribution in [0, 0.1) is 13.8 Å². The summed E-state index contributed by atoms with van der Waals surface area (Å²) in [6.07, 6.45) is 1.59. The number of carbonyl (C=O) groups excluding carboxylic acids is 1. The molecule has 1 aromatic heterocycles. The third-order valence-corrected chi connectivity index (χ3v) is 4.30. The number of hydrogen-bond donors (Lipinski definition) is 3. The molecule has 1 aromatic rings. The van der Waals surface area contributed by atoms with Gasteiger partial charge >= 0.3 is 12.0 Å². The quantitative estimate of drug-likeness (QED) is 0.701. The summed E-state index contributed by atoms with van der Waals surface area (Å²) in [4.78, 5) is 29.0. The number of amides is 2. The number of aryl methyl sites for hydroxylation is 2. The smallest absolute Gasteiger partial charge is 0.317 e. The van der Waals surface area contributed by atoms with Crippen LogP contribution in [0.4, 0.5) is 4.79 Å². The van der Waals surface area contributed by atoms with Gasteiger partial charge in [-0.15, -0.1) is 0 Å². The van der Waals surface area contributed by atoms with E-state index in [4.69, 9.17) is 5.11 Å². The van der Waals surface area contributed by atoms with Gasteiger partial charge in [-0.25, -0.2) is 4.79 Å². The van der Waals surface area contributed by atoms with Crippen molar-refractivity contribution in [3.63, 3.8) is 0 Å². The first kappa shape index (κ1) is 18.2. The minimum absolute atomic E-state index is 0.0564. The van der Waals surface area contributed by atoms with Gasteiger partial charge in [0.15, 0.2) is 0 Å². The van der Waals surface area contributed by atoms with Gasteiger partial charge in [0.2, 0.25) is 0 Å². The molecule has 1 saturated carbocycles.